The van der Waals surface area contributed by atoms with Crippen LogP contribution in [0.4, 0.5) is 0 Å². The zero-order chi connectivity index (χ0) is 12.5. The van der Waals surface area contributed by atoms with E-state index in [0.29, 0.717) is 23.4 Å². The Hall–Kier alpha value is -0.0551. The maximum Gasteiger partial charge on any atom is 0.475 e. The van der Waals surface area contributed by atoms with Crippen LogP contribution < -0.4 is 5.32 Å². The van der Waals surface area contributed by atoms with Crippen molar-refractivity contribution in [3.63, 3.8) is 0 Å². The molecular weight excluding hydrogens is 225 g/mol. The molecule has 5 rings (SSSR count). The minimum atomic E-state index is -0.0345. The summed E-state index contributed by atoms with van der Waals surface area (Å²) in [7, 11) is -0.00218. The molecule has 0 spiro atoms. The predicted molar refractivity (Wildman–Crippen MR) is 71.1 cm³/mol. The molecule has 2 bridgehead atoms. The van der Waals surface area contributed by atoms with Crippen LogP contribution in [-0.4, -0.2) is 31.3 Å². The fourth-order valence-corrected chi connectivity index (χ4v) is 5.01. The highest BCUT2D eigenvalue weighted by molar-refractivity contribution is 6.47. The average molecular weight is 249 g/mol. The van der Waals surface area contributed by atoms with Crippen LogP contribution >= 0.6 is 0 Å². The van der Waals surface area contributed by atoms with E-state index in [1.165, 1.54) is 25.7 Å². The second kappa shape index (κ2) is 3.53. The number of hydrogen-bond donors (Lipinski definition) is 1. The normalized spacial score (nSPS) is 53.2. The quantitative estimate of drug-likeness (QED) is 0.721. The van der Waals surface area contributed by atoms with Gasteiger partial charge in [-0.2, -0.15) is 0 Å². The highest BCUT2D eigenvalue weighted by Crippen LogP contribution is 2.65. The van der Waals surface area contributed by atoms with Gasteiger partial charge in [-0.3, -0.25) is 0 Å². The lowest BCUT2D eigenvalue weighted by molar-refractivity contribution is -0.199. The molecule has 5 aliphatic rings. The van der Waals surface area contributed by atoms with Crippen LogP contribution in [0.1, 0.15) is 46.5 Å². The van der Waals surface area contributed by atoms with Crippen molar-refractivity contribution in [2.24, 2.45) is 17.3 Å². The Morgan fingerprint density at radius 2 is 2.06 bits per heavy atom. The molecule has 0 radical (unpaired) electrons. The van der Waals surface area contributed by atoms with Gasteiger partial charge in [-0.15, -0.1) is 0 Å². The monoisotopic (exact) mass is 249 g/mol. The standard InChI is InChI=1S/C14H24BNO2/c1-13(2)9-7-10(13)14(3)11(8-9)17-15(18-14)12-5-4-6-16-12/h9-12,16H,4-8H2,1-3H3/t9?,10-,11+,12-,14-/m0/s1. The second-order valence-corrected chi connectivity index (χ2v) is 7.54. The zero-order valence-corrected chi connectivity index (χ0v) is 11.7. The van der Waals surface area contributed by atoms with E-state index in [9.17, 15) is 0 Å². The van der Waals surface area contributed by atoms with Crippen LogP contribution in [0.2, 0.25) is 0 Å². The first-order chi connectivity index (χ1) is 8.52. The molecule has 5 atom stereocenters. The van der Waals surface area contributed by atoms with Gasteiger partial charge in [0, 0.05) is 5.94 Å². The van der Waals surface area contributed by atoms with Gasteiger partial charge in [0.2, 0.25) is 0 Å². The Balaban J connectivity index is 1.57. The molecule has 2 aliphatic heterocycles. The molecule has 0 aromatic rings. The van der Waals surface area contributed by atoms with Gasteiger partial charge >= 0.3 is 7.12 Å². The summed E-state index contributed by atoms with van der Waals surface area (Å²) in [6.45, 7) is 8.25. The summed E-state index contributed by atoms with van der Waals surface area (Å²) >= 11 is 0. The Morgan fingerprint density at radius 3 is 2.72 bits per heavy atom. The van der Waals surface area contributed by atoms with Crippen LogP contribution in [0, 0.1) is 17.3 Å². The van der Waals surface area contributed by atoms with E-state index in [0.717, 1.165) is 12.5 Å². The molecule has 1 unspecified atom stereocenters. The molecule has 3 aliphatic carbocycles. The fourth-order valence-electron chi connectivity index (χ4n) is 5.01. The van der Waals surface area contributed by atoms with Crippen molar-refractivity contribution in [1.29, 1.82) is 0 Å². The third-order valence-corrected chi connectivity index (χ3v) is 6.40. The Bertz CT molecular complexity index is 369. The first-order valence-corrected chi connectivity index (χ1v) is 7.58. The van der Waals surface area contributed by atoms with Crippen LogP contribution in [0.3, 0.4) is 0 Å². The van der Waals surface area contributed by atoms with E-state index in [-0.39, 0.29) is 12.7 Å². The predicted octanol–water partition coefficient (Wildman–Crippen LogP) is 2.01. The van der Waals surface area contributed by atoms with Crippen molar-refractivity contribution in [2.45, 2.75) is 64.1 Å². The van der Waals surface area contributed by atoms with Crippen molar-refractivity contribution in [3.8, 4) is 0 Å². The number of hydrogen-bond acceptors (Lipinski definition) is 3. The molecule has 2 heterocycles. The van der Waals surface area contributed by atoms with E-state index < -0.39 is 0 Å². The SMILES string of the molecule is CC1(C)C2C[C@H]3OB([C@@H]4CCCN4)O[C@@]3(C)[C@H]1C2. The molecule has 4 heteroatoms. The van der Waals surface area contributed by atoms with Gasteiger partial charge in [0.15, 0.2) is 0 Å². The molecule has 0 aromatic heterocycles. The van der Waals surface area contributed by atoms with Gasteiger partial charge in [0.25, 0.3) is 0 Å². The first-order valence-electron chi connectivity index (χ1n) is 7.58. The minimum Gasteiger partial charge on any atom is -0.404 e. The van der Waals surface area contributed by atoms with E-state index >= 15 is 0 Å². The summed E-state index contributed by atoms with van der Waals surface area (Å²) in [6, 6.07) is 0. The lowest BCUT2D eigenvalue weighted by Crippen LogP contribution is -2.65. The molecule has 5 fully saturated rings. The largest absolute Gasteiger partial charge is 0.475 e. The zero-order valence-electron chi connectivity index (χ0n) is 11.7. The summed E-state index contributed by atoms with van der Waals surface area (Å²) in [5, 5.41) is 3.52. The Labute approximate surface area is 110 Å². The molecule has 2 saturated heterocycles. The van der Waals surface area contributed by atoms with Crippen molar-refractivity contribution in [3.05, 3.63) is 0 Å². The van der Waals surface area contributed by atoms with E-state index in [4.69, 9.17) is 9.31 Å². The summed E-state index contributed by atoms with van der Waals surface area (Å²) in [6.07, 6.45) is 5.33. The van der Waals surface area contributed by atoms with Crippen LogP contribution in [-0.2, 0) is 9.31 Å². The molecule has 18 heavy (non-hydrogen) atoms. The van der Waals surface area contributed by atoms with Gasteiger partial charge in [-0.1, -0.05) is 13.8 Å². The molecule has 3 nitrogen and oxygen atoms in total. The number of rotatable bonds is 1. The lowest BCUT2D eigenvalue weighted by Gasteiger charge is -2.64. The lowest BCUT2D eigenvalue weighted by atomic mass is 9.43. The first kappa shape index (κ1) is 11.7. The fraction of sp³-hybridized carbons (Fsp3) is 1.00. The summed E-state index contributed by atoms with van der Waals surface area (Å²) in [5.74, 6) is 1.95. The maximum atomic E-state index is 6.44. The summed E-state index contributed by atoms with van der Waals surface area (Å²) in [4.78, 5) is 0. The minimum absolute atomic E-state index is 0.00218. The van der Waals surface area contributed by atoms with Crippen LogP contribution in [0.15, 0.2) is 0 Å². The Morgan fingerprint density at radius 1 is 1.22 bits per heavy atom. The average Bonchev–Trinajstić information content (AvgIpc) is 2.92. The van der Waals surface area contributed by atoms with Crippen molar-refractivity contribution in [1.82, 2.24) is 5.32 Å². The van der Waals surface area contributed by atoms with Gasteiger partial charge in [-0.25, -0.2) is 0 Å². The third kappa shape index (κ3) is 1.32. The van der Waals surface area contributed by atoms with E-state index in [1.54, 1.807) is 0 Å². The van der Waals surface area contributed by atoms with Gasteiger partial charge in [0.1, 0.15) is 0 Å². The van der Waals surface area contributed by atoms with E-state index in [1.807, 2.05) is 0 Å². The smallest absolute Gasteiger partial charge is 0.404 e. The summed E-state index contributed by atoms with van der Waals surface area (Å²) < 4.78 is 12.7. The highest BCUT2D eigenvalue weighted by atomic mass is 16.7. The van der Waals surface area contributed by atoms with Crippen molar-refractivity contribution < 1.29 is 9.31 Å². The molecule has 3 saturated carbocycles. The number of nitrogens with one attached hydrogen (secondary N) is 1. The van der Waals surface area contributed by atoms with Crippen LogP contribution in [0.5, 0.6) is 0 Å². The van der Waals surface area contributed by atoms with Gasteiger partial charge < -0.3 is 14.6 Å². The topological polar surface area (TPSA) is 30.5 Å². The molecular formula is C14H24BNO2. The second-order valence-electron chi connectivity index (χ2n) is 7.54. The van der Waals surface area contributed by atoms with Gasteiger partial charge in [-0.05, 0) is 56.4 Å². The summed E-state index contributed by atoms with van der Waals surface area (Å²) in [5.41, 5.74) is 0.416. The van der Waals surface area contributed by atoms with Crippen molar-refractivity contribution in [2.75, 3.05) is 6.54 Å². The van der Waals surface area contributed by atoms with Crippen molar-refractivity contribution >= 4 is 7.12 Å². The molecule has 100 valence electrons. The highest BCUT2D eigenvalue weighted by Gasteiger charge is 2.68. The maximum absolute atomic E-state index is 6.44. The Kier molecular flexibility index (Phi) is 2.30. The van der Waals surface area contributed by atoms with Crippen LogP contribution in [0.25, 0.3) is 0 Å². The molecule has 1 N–H and O–H groups in total. The van der Waals surface area contributed by atoms with Gasteiger partial charge in [0.05, 0.1) is 11.7 Å². The van der Waals surface area contributed by atoms with E-state index in [2.05, 4.69) is 26.1 Å². The third-order valence-electron chi connectivity index (χ3n) is 6.40. The molecule has 0 aromatic carbocycles. The molecule has 0 amide bonds.